The molecular formula is C20H28Cl2N2O8S. The molecule has 2 aromatic carbocycles. The average molecular weight is 527 g/mol. The van der Waals surface area contributed by atoms with Crippen LogP contribution in [0.1, 0.15) is 18.1 Å². The van der Waals surface area contributed by atoms with Crippen LogP contribution in [-0.2, 0) is 41.2 Å². The molecule has 0 bridgehead atoms. The Bertz CT molecular complexity index is 784. The Morgan fingerprint density at radius 1 is 0.939 bits per heavy atom. The van der Waals surface area contributed by atoms with Crippen LogP contribution in [0.4, 0.5) is 0 Å². The van der Waals surface area contributed by atoms with Crippen molar-refractivity contribution in [3.05, 3.63) is 59.7 Å². The lowest BCUT2D eigenvalue weighted by molar-refractivity contribution is -0.191. The summed E-state index contributed by atoms with van der Waals surface area (Å²) < 4.78 is 13.6. The lowest BCUT2D eigenvalue weighted by Crippen LogP contribution is -2.25. The minimum Gasteiger partial charge on any atom is -0.508 e. The molecule has 0 saturated heterocycles. The van der Waals surface area contributed by atoms with Gasteiger partial charge in [-0.25, -0.2) is 4.21 Å². The fourth-order valence-corrected chi connectivity index (χ4v) is 1.99. The number of aliphatic hydroxyl groups is 1. The van der Waals surface area contributed by atoms with Gasteiger partial charge in [0.25, 0.3) is 6.47 Å². The van der Waals surface area contributed by atoms with Gasteiger partial charge in [0.05, 0.1) is 0 Å². The highest BCUT2D eigenvalue weighted by molar-refractivity contribution is 8.26. The molecule has 0 aliphatic rings. The summed E-state index contributed by atoms with van der Waals surface area (Å²) in [5, 5.41) is 24.9. The van der Waals surface area contributed by atoms with Gasteiger partial charge in [-0.3, -0.25) is 10.5 Å². The Morgan fingerprint density at radius 2 is 1.24 bits per heavy atom. The topological polar surface area (TPSA) is 190 Å². The summed E-state index contributed by atoms with van der Waals surface area (Å²) in [6.45, 7) is 2.29. The maximum Gasteiger partial charge on any atom is 0.373 e. The molecule has 186 valence electrons. The fourth-order valence-electron chi connectivity index (χ4n) is 1.99. The molecule has 13 heteroatoms. The van der Waals surface area contributed by atoms with Gasteiger partial charge in [0.2, 0.25) is 9.23 Å². The Hall–Kier alpha value is -2.50. The van der Waals surface area contributed by atoms with E-state index in [4.69, 9.17) is 40.6 Å². The van der Waals surface area contributed by atoms with Crippen molar-refractivity contribution in [1.82, 2.24) is 0 Å². The van der Waals surface area contributed by atoms with Gasteiger partial charge in [-0.1, -0.05) is 24.3 Å². The molecule has 0 heterocycles. The van der Waals surface area contributed by atoms with Gasteiger partial charge in [0.15, 0.2) is 6.23 Å². The maximum atomic E-state index is 9.92. The van der Waals surface area contributed by atoms with E-state index in [0.717, 1.165) is 24.7 Å². The van der Waals surface area contributed by atoms with E-state index in [9.17, 15) is 4.79 Å². The average Bonchev–Trinajstić information content (AvgIpc) is 2.73. The normalized spacial score (nSPS) is 10.5. The number of phenols is 2. The predicted octanol–water partition coefficient (Wildman–Crippen LogP) is 1.74. The molecule has 0 aliphatic carbocycles. The highest BCUT2D eigenvalue weighted by atomic mass is 36.0. The van der Waals surface area contributed by atoms with Crippen LogP contribution in [-0.4, -0.2) is 51.5 Å². The first-order valence-electron chi connectivity index (χ1n) is 8.90. The minimum absolute atomic E-state index is 0.180. The Labute approximate surface area is 203 Å². The number of aromatic hydroxyl groups is 2. The second-order valence-corrected chi connectivity index (χ2v) is 8.28. The highest BCUT2D eigenvalue weighted by Gasteiger charge is 2.03. The molecule has 2 atom stereocenters. The smallest absolute Gasteiger partial charge is 0.373 e. The van der Waals surface area contributed by atoms with Gasteiger partial charge < -0.3 is 25.8 Å². The summed E-state index contributed by atoms with van der Waals surface area (Å²) in [6, 6.07) is 13.9. The van der Waals surface area contributed by atoms with E-state index in [2.05, 4.69) is 26.1 Å². The van der Waals surface area contributed by atoms with Gasteiger partial charge in [-0.05, 0) is 48.7 Å². The summed E-state index contributed by atoms with van der Waals surface area (Å²) >= 11 is 0. The lowest BCUT2D eigenvalue weighted by Gasteiger charge is -2.08. The van der Waals surface area contributed by atoms with Crippen LogP contribution in [0.15, 0.2) is 48.5 Å². The molecule has 2 aromatic rings. The van der Waals surface area contributed by atoms with E-state index >= 15 is 0 Å². The van der Waals surface area contributed by atoms with E-state index in [1.807, 2.05) is 19.1 Å². The third-order valence-electron chi connectivity index (χ3n) is 3.10. The molecule has 33 heavy (non-hydrogen) atoms. The summed E-state index contributed by atoms with van der Waals surface area (Å²) in [5.74, 6) is 0.507. The maximum absolute atomic E-state index is 9.92. The van der Waals surface area contributed by atoms with Crippen LogP contribution >= 0.6 is 21.4 Å². The lowest BCUT2D eigenvalue weighted by atomic mass is 10.1. The Morgan fingerprint density at radius 3 is 1.52 bits per heavy atom. The first kappa shape index (κ1) is 35.1. The van der Waals surface area contributed by atoms with Gasteiger partial charge in [0, 0.05) is 40.9 Å². The van der Waals surface area contributed by atoms with Crippen molar-refractivity contribution >= 4 is 43.2 Å². The zero-order chi connectivity index (χ0) is 26.2. The molecule has 0 radical (unpaired) electrons. The van der Waals surface area contributed by atoms with Crippen molar-refractivity contribution in [2.24, 2.45) is 11.5 Å². The molecule has 0 aliphatic heterocycles. The number of carbonyl (C=O) groups is 1. The van der Waals surface area contributed by atoms with Crippen molar-refractivity contribution in [3.63, 3.8) is 0 Å². The van der Waals surface area contributed by atoms with Crippen molar-refractivity contribution in [2.75, 3.05) is 7.11 Å². The quantitative estimate of drug-likeness (QED) is 0.210. The molecule has 2 unspecified atom stereocenters. The van der Waals surface area contributed by atoms with E-state index in [1.165, 1.54) is 0 Å². The first-order chi connectivity index (χ1) is 15.5. The molecule has 0 saturated carbocycles. The predicted molar refractivity (Wildman–Crippen MR) is 125 cm³/mol. The number of ether oxygens (including phenoxy) is 1. The molecule has 0 fully saturated rings. The summed E-state index contributed by atoms with van der Waals surface area (Å²) in [5.41, 5.74) is 13.1. The van der Waals surface area contributed by atoms with E-state index < -0.39 is 15.5 Å². The Kier molecular flexibility index (Phi) is 25.7. The molecule has 0 aromatic heterocycles. The van der Waals surface area contributed by atoms with Crippen LogP contribution < -0.4 is 11.5 Å². The molecule has 2 rings (SSSR count). The molecule has 0 spiro atoms. The summed E-state index contributed by atoms with van der Waals surface area (Å²) in [7, 11) is 8.36. The van der Waals surface area contributed by atoms with Crippen LogP contribution in [0.25, 0.3) is 0 Å². The van der Waals surface area contributed by atoms with Crippen molar-refractivity contribution in [1.29, 1.82) is 0 Å². The molecule has 10 nitrogen and oxygen atoms in total. The van der Waals surface area contributed by atoms with Crippen LogP contribution in [0.3, 0.4) is 0 Å². The zero-order valence-electron chi connectivity index (χ0n) is 18.0. The number of halogens is 2. The number of phenolic OH excluding ortho intramolecular Hbond substituents is 2. The number of aliphatic hydroxyl groups excluding tert-OH is 1. The van der Waals surface area contributed by atoms with Gasteiger partial charge >= 0.3 is 6.15 Å². The number of hydrogen-bond donors (Lipinski definition) is 5. The number of hydrogen-bond acceptors (Lipinski definition) is 10. The van der Waals surface area contributed by atoms with Crippen molar-refractivity contribution < 1.29 is 38.6 Å². The number of nitrogens with two attached hydrogens (primary N) is 2. The summed E-state index contributed by atoms with van der Waals surface area (Å²) in [6.07, 6.45) is 0.932. The standard InChI is InChI=1S/C9H11NO3.C9H13NO.CO2.CH4O.Cl2OS/c10-9(13-6-11)5-7-1-3-8(12)4-2-7;1-7(10)6-8-2-4-9(11)5-3-8;2-1-3;1-2;1-4(2)3/h1-4,6,9,12H,5,10H2;2-5,7,11H,6,10H2,1H3;;2H,1H3;. The van der Waals surface area contributed by atoms with Crippen LogP contribution in [0.5, 0.6) is 11.5 Å². The third kappa shape index (κ3) is 27.5. The third-order valence-corrected chi connectivity index (χ3v) is 3.10. The highest BCUT2D eigenvalue weighted by Crippen LogP contribution is 2.11. The van der Waals surface area contributed by atoms with Crippen molar-refractivity contribution in [3.8, 4) is 11.5 Å². The molecular weight excluding hydrogens is 499 g/mol. The fraction of sp³-hybridized carbons (Fsp3) is 0.300. The van der Waals surface area contributed by atoms with Crippen LogP contribution in [0, 0.1) is 0 Å². The van der Waals surface area contributed by atoms with Gasteiger partial charge in [-0.15, -0.1) is 0 Å². The van der Waals surface area contributed by atoms with Crippen molar-refractivity contribution in [2.45, 2.75) is 32.0 Å². The van der Waals surface area contributed by atoms with Gasteiger partial charge in [0.1, 0.15) is 11.5 Å². The minimum atomic E-state index is -1.67. The second kappa shape index (κ2) is 24.1. The number of benzene rings is 2. The monoisotopic (exact) mass is 526 g/mol. The first-order valence-corrected chi connectivity index (χ1v) is 11.7. The van der Waals surface area contributed by atoms with E-state index in [-0.39, 0.29) is 17.9 Å². The van der Waals surface area contributed by atoms with Gasteiger partial charge in [-0.2, -0.15) is 9.59 Å². The number of carbonyl (C=O) groups excluding carboxylic acids is 3. The van der Waals surface area contributed by atoms with E-state index in [1.54, 1.807) is 36.4 Å². The largest absolute Gasteiger partial charge is 0.508 e. The zero-order valence-corrected chi connectivity index (χ0v) is 20.3. The molecule has 7 N–H and O–H groups in total. The second-order valence-electron chi connectivity index (χ2n) is 5.76. The number of rotatable bonds is 6. The van der Waals surface area contributed by atoms with Crippen LogP contribution in [0.2, 0.25) is 0 Å². The van der Waals surface area contributed by atoms with E-state index in [0.29, 0.717) is 18.6 Å². The summed E-state index contributed by atoms with van der Waals surface area (Å²) in [4.78, 5) is 26.2. The SMILES string of the molecule is CC(N)Cc1ccc(O)cc1.CO.NC(Cc1ccc(O)cc1)OC=O.O=C=O.O=S(Cl)Cl. The molecule has 0 amide bonds. The Balaban J connectivity index is -0.000000406.